The highest BCUT2D eigenvalue weighted by molar-refractivity contribution is 6.45. The molecule has 0 heterocycles. The normalized spacial score (nSPS) is 10.9. The summed E-state index contributed by atoms with van der Waals surface area (Å²) >= 11 is 0. The van der Waals surface area contributed by atoms with Gasteiger partial charge in [0.05, 0.1) is 5.71 Å². The summed E-state index contributed by atoms with van der Waals surface area (Å²) in [5.41, 5.74) is 4.04. The highest BCUT2D eigenvalue weighted by Crippen LogP contribution is 1.88. The zero-order valence-electron chi connectivity index (χ0n) is 7.85. The zero-order chi connectivity index (χ0) is 9.40. The van der Waals surface area contributed by atoms with Crippen LogP contribution >= 0.6 is 0 Å². The fraction of sp³-hybridized carbons (Fsp3) is 0.500. The van der Waals surface area contributed by atoms with Crippen LogP contribution in [0.5, 0.6) is 0 Å². The molecule has 0 rings (SSSR count). The molecule has 0 aromatic carbocycles. The first-order valence-electron chi connectivity index (χ1n) is 4.27. The van der Waals surface area contributed by atoms with Crippen molar-refractivity contribution in [1.82, 2.24) is 5.43 Å². The third-order valence-electron chi connectivity index (χ3n) is 1.42. The molecule has 0 saturated carbocycles. The minimum atomic E-state index is 0.522. The Morgan fingerprint density at radius 1 is 1.75 bits per heavy atom. The summed E-state index contributed by atoms with van der Waals surface area (Å²) in [6.07, 6.45) is 3.33. The lowest BCUT2D eigenvalue weighted by atomic mass is 10.1. The molecule has 0 aromatic heterocycles. The van der Waals surface area contributed by atoms with E-state index in [2.05, 4.69) is 25.0 Å². The maximum absolute atomic E-state index is 7.49. The molecule has 0 fully saturated rings. The summed E-state index contributed by atoms with van der Waals surface area (Å²) in [7, 11) is 2.07. The lowest BCUT2D eigenvalue weighted by Crippen LogP contribution is -2.16. The lowest BCUT2D eigenvalue weighted by Gasteiger charge is -2.01. The molecular weight excluding hydrogens is 149 g/mol. The molecule has 4 heteroatoms. The van der Waals surface area contributed by atoms with Crippen molar-refractivity contribution in [3.05, 3.63) is 12.7 Å². The molecule has 0 radical (unpaired) electrons. The molecule has 0 amide bonds. The first-order valence-corrected chi connectivity index (χ1v) is 4.27. The van der Waals surface area contributed by atoms with Gasteiger partial charge < -0.3 is 10.8 Å². The predicted molar refractivity (Wildman–Crippen MR) is 57.0 cm³/mol. The molecule has 0 aliphatic carbocycles. The van der Waals surface area contributed by atoms with Gasteiger partial charge >= 0.3 is 0 Å². The van der Waals surface area contributed by atoms with Gasteiger partial charge in [0.25, 0.3) is 0 Å². The fourth-order valence-corrected chi connectivity index (χ4v) is 0.670. The van der Waals surface area contributed by atoms with Crippen molar-refractivity contribution >= 4 is 19.3 Å². The van der Waals surface area contributed by atoms with Crippen LogP contribution in [0, 0.1) is 5.41 Å². The van der Waals surface area contributed by atoms with Crippen molar-refractivity contribution in [3.63, 3.8) is 0 Å². The van der Waals surface area contributed by atoms with E-state index in [0.717, 1.165) is 12.9 Å². The molecule has 0 aliphatic heterocycles. The molecule has 2 N–H and O–H groups in total. The third kappa shape index (κ3) is 3.96. The Bertz CT molecular complexity index is 187. The van der Waals surface area contributed by atoms with Gasteiger partial charge in [-0.05, 0) is 12.5 Å². The molecule has 0 bridgehead atoms. The first-order chi connectivity index (χ1) is 5.76. The molecule has 3 nitrogen and oxygen atoms in total. The molecule has 0 saturated heterocycles. The Labute approximate surface area is 74.9 Å². The Balaban J connectivity index is 4.04. The van der Waals surface area contributed by atoms with Crippen LogP contribution in [0.2, 0.25) is 6.32 Å². The van der Waals surface area contributed by atoms with Crippen molar-refractivity contribution in [2.75, 3.05) is 6.54 Å². The minimum Gasteiger partial charge on any atom is -0.310 e. The van der Waals surface area contributed by atoms with E-state index in [-0.39, 0.29) is 0 Å². The number of nitrogens with one attached hydrogen (secondary N) is 2. The van der Waals surface area contributed by atoms with Gasteiger partial charge in [0, 0.05) is 6.54 Å². The SMILES string of the molecule is BCCN/N=C(/C=C)C(=N)CC. The smallest absolute Gasteiger partial charge is 0.103 e. The largest absolute Gasteiger partial charge is 0.310 e. The monoisotopic (exact) mass is 165 g/mol. The third-order valence-corrected chi connectivity index (χ3v) is 1.42. The van der Waals surface area contributed by atoms with Gasteiger partial charge in [0.15, 0.2) is 0 Å². The fourth-order valence-electron chi connectivity index (χ4n) is 0.670. The molecular formula is C8H16BN3. The molecule has 0 unspecified atom stereocenters. The van der Waals surface area contributed by atoms with E-state index in [0.29, 0.717) is 17.8 Å². The van der Waals surface area contributed by atoms with Crippen molar-refractivity contribution in [3.8, 4) is 0 Å². The number of allylic oxidation sites excluding steroid dienone is 1. The van der Waals surface area contributed by atoms with E-state index in [4.69, 9.17) is 5.41 Å². The van der Waals surface area contributed by atoms with E-state index < -0.39 is 0 Å². The average molecular weight is 165 g/mol. The van der Waals surface area contributed by atoms with Gasteiger partial charge in [-0.1, -0.05) is 19.8 Å². The Morgan fingerprint density at radius 2 is 2.42 bits per heavy atom. The molecule has 0 aromatic rings. The summed E-state index contributed by atoms with van der Waals surface area (Å²) in [5.74, 6) is 0. The summed E-state index contributed by atoms with van der Waals surface area (Å²) in [6, 6.07) is 0. The second-order valence-electron chi connectivity index (χ2n) is 2.44. The van der Waals surface area contributed by atoms with Crippen LogP contribution in [-0.4, -0.2) is 25.8 Å². The second-order valence-corrected chi connectivity index (χ2v) is 2.44. The zero-order valence-corrected chi connectivity index (χ0v) is 7.85. The van der Waals surface area contributed by atoms with Gasteiger partial charge in [-0.15, -0.1) is 0 Å². The molecule has 66 valence electrons. The number of rotatable bonds is 6. The molecule has 12 heavy (non-hydrogen) atoms. The van der Waals surface area contributed by atoms with Crippen molar-refractivity contribution in [1.29, 1.82) is 5.41 Å². The van der Waals surface area contributed by atoms with Crippen molar-refractivity contribution in [2.24, 2.45) is 5.10 Å². The standard InChI is InChI=1S/C8H16BN3/c1-3-7(10)8(4-2)12-11-6-5-9/h4,10-11H,2-3,5-6,9H2,1H3/b10-7?,12-8-. The van der Waals surface area contributed by atoms with E-state index in [9.17, 15) is 0 Å². The van der Waals surface area contributed by atoms with Gasteiger partial charge in [0.2, 0.25) is 0 Å². The number of hydrazone groups is 1. The summed E-state index contributed by atoms with van der Waals surface area (Å²) in [6.45, 7) is 6.37. The first kappa shape index (κ1) is 10.9. The molecule has 0 atom stereocenters. The van der Waals surface area contributed by atoms with Gasteiger partial charge in [-0.25, -0.2) is 0 Å². The highest BCUT2D eigenvalue weighted by Gasteiger charge is 1.98. The average Bonchev–Trinajstić information content (AvgIpc) is 2.11. The Hall–Kier alpha value is -1.06. The van der Waals surface area contributed by atoms with Gasteiger partial charge in [-0.3, -0.25) is 0 Å². The topological polar surface area (TPSA) is 48.2 Å². The maximum Gasteiger partial charge on any atom is 0.103 e. The van der Waals surface area contributed by atoms with E-state index in [1.165, 1.54) is 0 Å². The Morgan fingerprint density at radius 3 is 2.83 bits per heavy atom. The maximum atomic E-state index is 7.49. The van der Waals surface area contributed by atoms with Crippen molar-refractivity contribution < 1.29 is 0 Å². The van der Waals surface area contributed by atoms with Crippen LogP contribution < -0.4 is 5.43 Å². The minimum absolute atomic E-state index is 0.522. The molecule has 0 spiro atoms. The number of hydrogen-bond donors (Lipinski definition) is 2. The summed E-state index contributed by atoms with van der Waals surface area (Å²) < 4.78 is 0. The summed E-state index contributed by atoms with van der Waals surface area (Å²) in [4.78, 5) is 0. The van der Waals surface area contributed by atoms with E-state index >= 15 is 0 Å². The lowest BCUT2D eigenvalue weighted by molar-refractivity contribution is 0.784. The van der Waals surface area contributed by atoms with Gasteiger partial charge in [0.1, 0.15) is 13.6 Å². The second kappa shape index (κ2) is 6.64. The number of nitrogens with zero attached hydrogens (tertiary/aromatic N) is 1. The van der Waals surface area contributed by atoms with Crippen LogP contribution in [0.15, 0.2) is 17.8 Å². The van der Waals surface area contributed by atoms with E-state index in [1.807, 2.05) is 6.92 Å². The Kier molecular flexibility index (Phi) is 6.06. The van der Waals surface area contributed by atoms with Gasteiger partial charge in [-0.2, -0.15) is 5.10 Å². The molecule has 0 aliphatic rings. The van der Waals surface area contributed by atoms with Crippen LogP contribution in [0.25, 0.3) is 0 Å². The van der Waals surface area contributed by atoms with Crippen LogP contribution in [-0.2, 0) is 0 Å². The van der Waals surface area contributed by atoms with Crippen molar-refractivity contribution in [2.45, 2.75) is 19.7 Å². The predicted octanol–water partition coefficient (Wildman–Crippen LogP) is 0.599. The van der Waals surface area contributed by atoms with E-state index in [1.54, 1.807) is 6.08 Å². The highest BCUT2D eigenvalue weighted by atomic mass is 15.3. The van der Waals surface area contributed by atoms with Crippen LogP contribution in [0.3, 0.4) is 0 Å². The quantitative estimate of drug-likeness (QED) is 0.257. The van der Waals surface area contributed by atoms with Crippen LogP contribution in [0.1, 0.15) is 13.3 Å². The number of hydrogen-bond acceptors (Lipinski definition) is 3. The van der Waals surface area contributed by atoms with Crippen LogP contribution in [0.4, 0.5) is 0 Å². The summed E-state index contributed by atoms with van der Waals surface area (Å²) in [5, 5.41) is 11.5.